The van der Waals surface area contributed by atoms with Gasteiger partial charge in [-0.25, -0.2) is 17.6 Å². The third kappa shape index (κ3) is 3.42. The molecule has 28 heavy (non-hydrogen) atoms. The molecule has 0 saturated heterocycles. The van der Waals surface area contributed by atoms with Crippen molar-refractivity contribution in [3.63, 3.8) is 0 Å². The van der Waals surface area contributed by atoms with Crippen molar-refractivity contribution in [2.24, 2.45) is 0 Å². The van der Waals surface area contributed by atoms with Crippen molar-refractivity contribution >= 4 is 11.4 Å². The first-order valence-corrected chi connectivity index (χ1v) is 8.63. The molecule has 0 aliphatic heterocycles. The van der Waals surface area contributed by atoms with Gasteiger partial charge in [0.1, 0.15) is 0 Å². The normalized spacial score (nSPS) is 10.9. The van der Waals surface area contributed by atoms with Crippen LogP contribution in [-0.4, -0.2) is 28.2 Å². The maximum atomic E-state index is 14.7. The first-order valence-electron chi connectivity index (χ1n) is 8.63. The van der Waals surface area contributed by atoms with Gasteiger partial charge in [-0.1, -0.05) is 24.3 Å². The minimum absolute atomic E-state index is 0.0629. The van der Waals surface area contributed by atoms with Crippen molar-refractivity contribution in [2.75, 3.05) is 38.0 Å². The minimum Gasteiger partial charge on any atom is -0.378 e. The van der Waals surface area contributed by atoms with Gasteiger partial charge in [0.2, 0.25) is 0 Å². The molecule has 2 nitrogen and oxygen atoms in total. The summed E-state index contributed by atoms with van der Waals surface area (Å²) in [5.74, 6) is -5.65. The summed E-state index contributed by atoms with van der Waals surface area (Å²) >= 11 is 0. The molecule has 0 N–H and O–H groups in total. The Hall–Kier alpha value is -3.02. The number of halogens is 4. The van der Waals surface area contributed by atoms with Gasteiger partial charge in [0, 0.05) is 39.6 Å². The van der Waals surface area contributed by atoms with Crippen LogP contribution in [0.25, 0.3) is 22.3 Å². The molecule has 0 heterocycles. The van der Waals surface area contributed by atoms with Crippen LogP contribution in [0.3, 0.4) is 0 Å². The number of hydrogen-bond donors (Lipinski definition) is 0. The van der Waals surface area contributed by atoms with Gasteiger partial charge in [0.15, 0.2) is 23.3 Å². The van der Waals surface area contributed by atoms with Crippen molar-refractivity contribution in [1.29, 1.82) is 0 Å². The first kappa shape index (κ1) is 19.7. The Bertz CT molecular complexity index is 883. The lowest BCUT2D eigenvalue weighted by molar-refractivity contribution is 0.463. The molecule has 6 heteroatoms. The summed E-state index contributed by atoms with van der Waals surface area (Å²) in [6, 6.07) is 12.2. The summed E-state index contributed by atoms with van der Waals surface area (Å²) < 4.78 is 59.0. The van der Waals surface area contributed by atoms with Crippen LogP contribution >= 0.6 is 0 Å². The lowest BCUT2D eigenvalue weighted by atomic mass is 9.97. The van der Waals surface area contributed by atoms with Crippen molar-refractivity contribution < 1.29 is 17.6 Å². The Balaban J connectivity index is 2.14. The van der Waals surface area contributed by atoms with Gasteiger partial charge >= 0.3 is 0 Å². The predicted octanol–water partition coefficient (Wildman–Crippen LogP) is 5.71. The second kappa shape index (κ2) is 7.54. The molecule has 0 fully saturated rings. The molecule has 0 atom stereocenters. The van der Waals surface area contributed by atoms with E-state index in [-0.39, 0.29) is 11.1 Å². The van der Waals surface area contributed by atoms with Gasteiger partial charge in [-0.15, -0.1) is 0 Å². The average molecular weight is 388 g/mol. The number of rotatable bonds is 4. The van der Waals surface area contributed by atoms with Gasteiger partial charge in [0.25, 0.3) is 0 Å². The molecule has 0 aromatic heterocycles. The van der Waals surface area contributed by atoms with Crippen LogP contribution < -0.4 is 9.80 Å². The molecular weight excluding hydrogens is 368 g/mol. The zero-order valence-corrected chi connectivity index (χ0v) is 16.0. The fourth-order valence-electron chi connectivity index (χ4n) is 2.99. The molecule has 0 radical (unpaired) electrons. The SMILES string of the molecule is CN(C)c1ccc(-c2c(F)c(F)c(-c3ccc(N(C)C)cc3)c(F)c2F)cc1. The van der Waals surface area contributed by atoms with E-state index in [2.05, 4.69) is 0 Å². The quantitative estimate of drug-likeness (QED) is 0.417. The monoisotopic (exact) mass is 388 g/mol. The van der Waals surface area contributed by atoms with Crippen LogP contribution in [0.4, 0.5) is 28.9 Å². The van der Waals surface area contributed by atoms with Crippen LogP contribution in [0.1, 0.15) is 0 Å². The highest BCUT2D eigenvalue weighted by molar-refractivity contribution is 5.74. The van der Waals surface area contributed by atoms with E-state index in [4.69, 9.17) is 0 Å². The average Bonchev–Trinajstić information content (AvgIpc) is 2.67. The van der Waals surface area contributed by atoms with E-state index in [0.29, 0.717) is 0 Å². The predicted molar refractivity (Wildman–Crippen MR) is 106 cm³/mol. The van der Waals surface area contributed by atoms with Crippen LogP contribution in [0, 0.1) is 23.3 Å². The van der Waals surface area contributed by atoms with E-state index < -0.39 is 34.4 Å². The summed E-state index contributed by atoms with van der Waals surface area (Å²) in [6.45, 7) is 0. The van der Waals surface area contributed by atoms with Crippen LogP contribution in [0.2, 0.25) is 0 Å². The second-order valence-electron chi connectivity index (χ2n) is 6.89. The van der Waals surface area contributed by atoms with Crippen LogP contribution in [0.15, 0.2) is 48.5 Å². The van der Waals surface area contributed by atoms with E-state index in [1.165, 1.54) is 24.3 Å². The Morgan fingerprint density at radius 2 is 0.714 bits per heavy atom. The van der Waals surface area contributed by atoms with Gasteiger partial charge in [-0.3, -0.25) is 0 Å². The molecule has 146 valence electrons. The smallest absolute Gasteiger partial charge is 0.170 e. The molecular formula is C22H20F4N2. The van der Waals surface area contributed by atoms with Gasteiger partial charge < -0.3 is 9.80 Å². The molecule has 3 aromatic carbocycles. The lowest BCUT2D eigenvalue weighted by Gasteiger charge is -2.16. The van der Waals surface area contributed by atoms with Crippen molar-refractivity contribution in [2.45, 2.75) is 0 Å². The maximum absolute atomic E-state index is 14.7. The molecule has 0 saturated carbocycles. The van der Waals surface area contributed by atoms with Crippen LogP contribution in [-0.2, 0) is 0 Å². The maximum Gasteiger partial charge on any atom is 0.170 e. The fourth-order valence-corrected chi connectivity index (χ4v) is 2.99. The van der Waals surface area contributed by atoms with Crippen molar-refractivity contribution in [1.82, 2.24) is 0 Å². The third-order valence-corrected chi connectivity index (χ3v) is 4.61. The molecule has 0 bridgehead atoms. The molecule has 3 rings (SSSR count). The largest absolute Gasteiger partial charge is 0.378 e. The zero-order chi connectivity index (χ0) is 20.6. The number of nitrogens with zero attached hydrogens (tertiary/aromatic N) is 2. The molecule has 0 unspecified atom stereocenters. The summed E-state index contributed by atoms with van der Waals surface area (Å²) in [5.41, 5.74) is 0.287. The fraction of sp³-hybridized carbons (Fsp3) is 0.182. The van der Waals surface area contributed by atoms with Gasteiger partial charge in [0.05, 0.1) is 11.1 Å². The van der Waals surface area contributed by atoms with Crippen molar-refractivity contribution in [3.8, 4) is 22.3 Å². The van der Waals surface area contributed by atoms with E-state index in [0.717, 1.165) is 11.4 Å². The Morgan fingerprint density at radius 3 is 0.929 bits per heavy atom. The highest BCUT2D eigenvalue weighted by atomic mass is 19.2. The highest BCUT2D eigenvalue weighted by Gasteiger charge is 2.27. The van der Waals surface area contributed by atoms with E-state index in [1.54, 1.807) is 34.1 Å². The zero-order valence-electron chi connectivity index (χ0n) is 16.0. The molecule has 3 aromatic rings. The standard InChI is InChI=1S/C22H20F4N2/c1-27(2)15-9-5-13(6-10-15)17-19(23)21(25)18(22(26)20(17)24)14-7-11-16(12-8-14)28(3)4/h5-12H,1-4H3. The Kier molecular flexibility index (Phi) is 5.31. The van der Waals surface area contributed by atoms with E-state index >= 15 is 0 Å². The summed E-state index contributed by atoms with van der Waals surface area (Å²) in [7, 11) is 7.25. The van der Waals surface area contributed by atoms with E-state index in [9.17, 15) is 17.6 Å². The summed E-state index contributed by atoms with van der Waals surface area (Å²) in [4.78, 5) is 3.61. The molecule has 0 aliphatic carbocycles. The molecule has 0 spiro atoms. The number of hydrogen-bond acceptors (Lipinski definition) is 2. The highest BCUT2D eigenvalue weighted by Crippen LogP contribution is 2.37. The number of benzene rings is 3. The Labute approximate surface area is 161 Å². The topological polar surface area (TPSA) is 6.48 Å². The third-order valence-electron chi connectivity index (χ3n) is 4.61. The number of anilines is 2. The first-order chi connectivity index (χ1) is 13.2. The second-order valence-corrected chi connectivity index (χ2v) is 6.89. The summed E-state index contributed by atoms with van der Waals surface area (Å²) in [5, 5.41) is 0. The Morgan fingerprint density at radius 1 is 0.464 bits per heavy atom. The van der Waals surface area contributed by atoms with Gasteiger partial charge in [-0.2, -0.15) is 0 Å². The van der Waals surface area contributed by atoms with Crippen molar-refractivity contribution in [3.05, 3.63) is 71.8 Å². The molecule has 0 aliphatic rings. The van der Waals surface area contributed by atoms with E-state index in [1.807, 2.05) is 28.2 Å². The summed E-state index contributed by atoms with van der Waals surface area (Å²) in [6.07, 6.45) is 0. The van der Waals surface area contributed by atoms with Gasteiger partial charge in [-0.05, 0) is 35.4 Å². The van der Waals surface area contributed by atoms with Crippen LogP contribution in [0.5, 0.6) is 0 Å². The lowest BCUT2D eigenvalue weighted by Crippen LogP contribution is -2.09. The molecule has 0 amide bonds. The minimum atomic E-state index is -1.41.